The summed E-state index contributed by atoms with van der Waals surface area (Å²) in [7, 11) is -3.82. The highest BCUT2D eigenvalue weighted by Gasteiger charge is 2.16. The molecule has 0 amide bonds. The molecule has 1 heterocycles. The van der Waals surface area contributed by atoms with E-state index in [9.17, 15) is 8.42 Å². The van der Waals surface area contributed by atoms with E-state index in [2.05, 4.69) is 0 Å². The second-order valence-electron chi connectivity index (χ2n) is 6.41. The third kappa shape index (κ3) is 5.30. The van der Waals surface area contributed by atoms with Crippen LogP contribution in [0, 0.1) is 6.92 Å². The zero-order chi connectivity index (χ0) is 18.4. The fourth-order valence-electron chi connectivity index (χ4n) is 2.74. The molecule has 2 aromatic rings. The minimum atomic E-state index is -3.82. The molecule has 0 radical (unpaired) electrons. The van der Waals surface area contributed by atoms with Gasteiger partial charge in [-0.15, -0.1) is 0 Å². The molecule has 6 heteroatoms. The molecule has 1 aliphatic heterocycles. The zero-order valence-corrected chi connectivity index (χ0v) is 15.7. The van der Waals surface area contributed by atoms with Gasteiger partial charge in [-0.3, -0.25) is 0 Å². The van der Waals surface area contributed by atoms with Gasteiger partial charge < -0.3 is 13.7 Å². The predicted molar refractivity (Wildman–Crippen MR) is 98.7 cm³/mol. The van der Waals surface area contributed by atoms with Gasteiger partial charge in [0.05, 0.1) is 6.61 Å². The Morgan fingerprint density at radius 2 is 1.77 bits per heavy atom. The van der Waals surface area contributed by atoms with Gasteiger partial charge in [0.2, 0.25) is 0 Å². The van der Waals surface area contributed by atoms with Crippen molar-refractivity contribution in [1.29, 1.82) is 0 Å². The minimum absolute atomic E-state index is 0.0917. The van der Waals surface area contributed by atoms with Crippen LogP contribution >= 0.6 is 0 Å². The summed E-state index contributed by atoms with van der Waals surface area (Å²) >= 11 is 0. The Hall–Kier alpha value is -1.89. The smallest absolute Gasteiger partial charge is 0.339 e. The van der Waals surface area contributed by atoms with Crippen LogP contribution in [0.2, 0.25) is 0 Å². The predicted octanol–water partition coefficient (Wildman–Crippen LogP) is 3.85. The molecule has 0 saturated carbocycles. The first-order chi connectivity index (χ1) is 12.5. The van der Waals surface area contributed by atoms with E-state index in [0.717, 1.165) is 43.4 Å². The summed E-state index contributed by atoms with van der Waals surface area (Å²) < 4.78 is 41.0. The number of benzene rings is 2. The number of aryl methyl sites for hydroxylation is 1. The normalized spacial score (nSPS) is 17.8. The molecule has 0 aliphatic carbocycles. The van der Waals surface area contributed by atoms with Gasteiger partial charge in [0.25, 0.3) is 0 Å². The lowest BCUT2D eigenvalue weighted by Gasteiger charge is -2.22. The first-order valence-corrected chi connectivity index (χ1v) is 10.3. The van der Waals surface area contributed by atoms with Crippen LogP contribution in [0.1, 0.15) is 30.4 Å². The van der Waals surface area contributed by atoms with Gasteiger partial charge in [-0.05, 0) is 62.4 Å². The van der Waals surface area contributed by atoms with Gasteiger partial charge in [0.1, 0.15) is 10.6 Å². The molecule has 140 valence electrons. The van der Waals surface area contributed by atoms with E-state index in [0.29, 0.717) is 12.4 Å². The Morgan fingerprint density at radius 3 is 2.42 bits per heavy atom. The van der Waals surface area contributed by atoms with Crippen LogP contribution < -0.4 is 4.18 Å². The molecule has 5 nitrogen and oxygen atoms in total. The number of hydrogen-bond acceptors (Lipinski definition) is 5. The summed E-state index contributed by atoms with van der Waals surface area (Å²) in [5.41, 5.74) is 2.05. The standard InChI is InChI=1S/C20H24O5S/c1-16-5-11-19(12-6-16)26(21,22)25-18-9-7-17(8-10-18)13-15-24-20-4-2-3-14-23-20/h5-12,20H,2-4,13-15H2,1H3. The molecule has 0 N–H and O–H groups in total. The van der Waals surface area contributed by atoms with Gasteiger partial charge in [-0.25, -0.2) is 0 Å². The third-order valence-corrected chi connectivity index (χ3v) is 5.53. The molecular formula is C20H24O5S. The Balaban J connectivity index is 1.53. The summed E-state index contributed by atoms with van der Waals surface area (Å²) in [6.45, 7) is 3.25. The van der Waals surface area contributed by atoms with Crippen LogP contribution in [-0.4, -0.2) is 27.9 Å². The quantitative estimate of drug-likeness (QED) is 0.687. The van der Waals surface area contributed by atoms with Crippen molar-refractivity contribution >= 4 is 10.1 Å². The molecule has 1 atom stereocenters. The van der Waals surface area contributed by atoms with Crippen molar-refractivity contribution in [2.24, 2.45) is 0 Å². The van der Waals surface area contributed by atoms with E-state index in [4.69, 9.17) is 13.7 Å². The molecule has 2 aromatic carbocycles. The lowest BCUT2D eigenvalue weighted by Crippen LogP contribution is -2.23. The highest BCUT2D eigenvalue weighted by atomic mass is 32.2. The summed E-state index contributed by atoms with van der Waals surface area (Å²) in [6.07, 6.45) is 3.85. The van der Waals surface area contributed by atoms with Gasteiger partial charge in [-0.1, -0.05) is 29.8 Å². The van der Waals surface area contributed by atoms with Crippen LogP contribution in [0.5, 0.6) is 5.75 Å². The zero-order valence-electron chi connectivity index (χ0n) is 14.9. The second kappa shape index (κ2) is 8.66. The van der Waals surface area contributed by atoms with E-state index < -0.39 is 10.1 Å². The number of rotatable bonds is 7. The fraction of sp³-hybridized carbons (Fsp3) is 0.400. The summed E-state index contributed by atoms with van der Waals surface area (Å²) in [6, 6.07) is 13.6. The summed E-state index contributed by atoms with van der Waals surface area (Å²) in [5, 5.41) is 0. The molecule has 26 heavy (non-hydrogen) atoms. The average Bonchev–Trinajstić information content (AvgIpc) is 2.64. The first-order valence-electron chi connectivity index (χ1n) is 8.86. The van der Waals surface area contributed by atoms with Crippen LogP contribution in [-0.2, 0) is 26.0 Å². The van der Waals surface area contributed by atoms with Crippen molar-refractivity contribution in [1.82, 2.24) is 0 Å². The molecule has 0 bridgehead atoms. The van der Waals surface area contributed by atoms with Crippen molar-refractivity contribution in [2.45, 2.75) is 43.8 Å². The lowest BCUT2D eigenvalue weighted by atomic mass is 10.1. The Morgan fingerprint density at radius 1 is 1.04 bits per heavy atom. The molecule has 1 fully saturated rings. The van der Waals surface area contributed by atoms with Gasteiger partial charge >= 0.3 is 10.1 Å². The fourth-order valence-corrected chi connectivity index (χ4v) is 3.67. The monoisotopic (exact) mass is 376 g/mol. The van der Waals surface area contributed by atoms with E-state index in [1.807, 2.05) is 19.1 Å². The van der Waals surface area contributed by atoms with E-state index in [1.165, 1.54) is 0 Å². The summed E-state index contributed by atoms with van der Waals surface area (Å²) in [4.78, 5) is 0.146. The highest BCUT2D eigenvalue weighted by molar-refractivity contribution is 7.87. The Labute approximate surface area is 155 Å². The first kappa shape index (κ1) is 18.9. The van der Waals surface area contributed by atoms with E-state index >= 15 is 0 Å². The maximum absolute atomic E-state index is 12.3. The molecule has 0 spiro atoms. The van der Waals surface area contributed by atoms with Crippen LogP contribution in [0.4, 0.5) is 0 Å². The Kier molecular flexibility index (Phi) is 6.29. The second-order valence-corrected chi connectivity index (χ2v) is 7.96. The topological polar surface area (TPSA) is 61.8 Å². The third-order valence-electron chi connectivity index (χ3n) is 4.27. The van der Waals surface area contributed by atoms with Crippen molar-refractivity contribution in [2.75, 3.05) is 13.2 Å². The molecule has 1 aliphatic rings. The molecule has 1 unspecified atom stereocenters. The average molecular weight is 376 g/mol. The molecule has 0 aromatic heterocycles. The number of hydrogen-bond donors (Lipinski definition) is 0. The minimum Gasteiger partial charge on any atom is -0.379 e. The van der Waals surface area contributed by atoms with E-state index in [-0.39, 0.29) is 11.2 Å². The van der Waals surface area contributed by atoms with Gasteiger partial charge in [0, 0.05) is 6.61 Å². The largest absolute Gasteiger partial charge is 0.379 e. The number of ether oxygens (including phenoxy) is 2. The van der Waals surface area contributed by atoms with Crippen molar-refractivity contribution in [3.05, 3.63) is 59.7 Å². The Bertz CT molecular complexity index is 791. The summed E-state index contributed by atoms with van der Waals surface area (Å²) in [5.74, 6) is 0.297. The van der Waals surface area contributed by atoms with Gasteiger partial charge in [0.15, 0.2) is 6.29 Å². The molecular weight excluding hydrogens is 352 g/mol. The van der Waals surface area contributed by atoms with Crippen LogP contribution in [0.3, 0.4) is 0 Å². The van der Waals surface area contributed by atoms with Crippen molar-refractivity contribution in [3.63, 3.8) is 0 Å². The van der Waals surface area contributed by atoms with Crippen molar-refractivity contribution in [3.8, 4) is 5.75 Å². The molecule has 1 saturated heterocycles. The molecule has 3 rings (SSSR count). The lowest BCUT2D eigenvalue weighted by molar-refractivity contribution is -0.161. The maximum Gasteiger partial charge on any atom is 0.339 e. The van der Waals surface area contributed by atoms with Crippen LogP contribution in [0.25, 0.3) is 0 Å². The highest BCUT2D eigenvalue weighted by Crippen LogP contribution is 2.20. The van der Waals surface area contributed by atoms with Gasteiger partial charge in [-0.2, -0.15) is 8.42 Å². The van der Waals surface area contributed by atoms with Crippen molar-refractivity contribution < 1.29 is 22.1 Å². The maximum atomic E-state index is 12.3. The SMILES string of the molecule is Cc1ccc(S(=O)(=O)Oc2ccc(CCOC3CCCCO3)cc2)cc1. The van der Waals surface area contributed by atoms with Crippen LogP contribution in [0.15, 0.2) is 53.4 Å². The van der Waals surface area contributed by atoms with E-state index in [1.54, 1.807) is 36.4 Å².